The van der Waals surface area contributed by atoms with Gasteiger partial charge in [-0.3, -0.25) is 9.89 Å². The van der Waals surface area contributed by atoms with E-state index in [2.05, 4.69) is 15.2 Å². The van der Waals surface area contributed by atoms with E-state index in [1.807, 2.05) is 0 Å². The van der Waals surface area contributed by atoms with E-state index in [4.69, 9.17) is 18.9 Å². The van der Waals surface area contributed by atoms with E-state index in [-0.39, 0.29) is 24.0 Å². The molecule has 0 saturated carbocycles. The molecule has 0 aliphatic carbocycles. The highest BCUT2D eigenvalue weighted by atomic mass is 19.4. The number of aromatic nitrogens is 3. The predicted octanol–water partition coefficient (Wildman–Crippen LogP) is 3.81. The highest BCUT2D eigenvalue weighted by molar-refractivity contribution is 5.93. The van der Waals surface area contributed by atoms with Gasteiger partial charge in [0.15, 0.2) is 11.5 Å². The van der Waals surface area contributed by atoms with Gasteiger partial charge in [0, 0.05) is 30.8 Å². The van der Waals surface area contributed by atoms with Crippen LogP contribution in [0, 0.1) is 0 Å². The highest BCUT2D eigenvalue weighted by Gasteiger charge is 2.33. The summed E-state index contributed by atoms with van der Waals surface area (Å²) < 4.78 is 60.4. The Labute approximate surface area is 198 Å². The number of amides is 1. The molecule has 1 aliphatic rings. The first-order chi connectivity index (χ1) is 16.7. The van der Waals surface area contributed by atoms with Gasteiger partial charge in [-0.2, -0.15) is 18.3 Å². The molecule has 9 nitrogen and oxygen atoms in total. The summed E-state index contributed by atoms with van der Waals surface area (Å²) in [7, 11) is 4.50. The quantitative estimate of drug-likeness (QED) is 0.536. The molecule has 186 valence electrons. The third kappa shape index (κ3) is 5.10. The number of benzene rings is 1. The lowest BCUT2D eigenvalue weighted by Gasteiger charge is -2.16. The molecule has 2 aromatic heterocycles. The molecule has 1 N–H and O–H groups in total. The second-order valence-electron chi connectivity index (χ2n) is 7.74. The van der Waals surface area contributed by atoms with Gasteiger partial charge in [-0.1, -0.05) is 0 Å². The number of ether oxygens (including phenoxy) is 4. The number of nitrogens with zero attached hydrogens (tertiary/aromatic N) is 3. The normalized spacial score (nSPS) is 15.7. The summed E-state index contributed by atoms with van der Waals surface area (Å²) in [5.74, 6) is 0.884. The Morgan fingerprint density at radius 3 is 2.43 bits per heavy atom. The van der Waals surface area contributed by atoms with Crippen LogP contribution in [0.4, 0.5) is 13.2 Å². The van der Waals surface area contributed by atoms with E-state index in [0.717, 1.165) is 18.3 Å². The van der Waals surface area contributed by atoms with Crippen molar-refractivity contribution in [2.45, 2.75) is 18.7 Å². The number of halogens is 3. The van der Waals surface area contributed by atoms with Crippen molar-refractivity contribution in [2.24, 2.45) is 0 Å². The number of rotatable bonds is 7. The number of methoxy groups -OCH3 is 3. The Balaban J connectivity index is 1.45. The largest absolute Gasteiger partial charge is 0.493 e. The standard InChI is InChI=1S/C23H23F3N4O5/c1-32-18-8-13(9-19(33-2)21(18)34-3)16-11-17(29-28-16)22(31)30-7-5-15(12-30)35-20-10-14(4-6-27-20)23(24,25)26/h4,6,8-11,15H,5,7,12H2,1-3H3,(H,28,29). The molecule has 35 heavy (non-hydrogen) atoms. The molecule has 0 radical (unpaired) electrons. The minimum atomic E-state index is -4.49. The number of hydrogen-bond donors (Lipinski definition) is 1. The van der Waals surface area contributed by atoms with Crippen molar-refractivity contribution in [1.29, 1.82) is 0 Å². The summed E-state index contributed by atoms with van der Waals surface area (Å²) in [6, 6.07) is 6.76. The zero-order valence-electron chi connectivity index (χ0n) is 19.2. The van der Waals surface area contributed by atoms with E-state index in [1.54, 1.807) is 23.1 Å². The Morgan fingerprint density at radius 1 is 1.09 bits per heavy atom. The number of hydrogen-bond acceptors (Lipinski definition) is 7. The first-order valence-electron chi connectivity index (χ1n) is 10.6. The average molecular weight is 492 g/mol. The maximum absolute atomic E-state index is 13.0. The van der Waals surface area contributed by atoms with Crippen LogP contribution in [0.15, 0.2) is 36.5 Å². The smallest absolute Gasteiger partial charge is 0.416 e. The topological polar surface area (TPSA) is 98.8 Å². The maximum atomic E-state index is 13.0. The van der Waals surface area contributed by atoms with Crippen molar-refractivity contribution in [1.82, 2.24) is 20.1 Å². The molecule has 1 fully saturated rings. The highest BCUT2D eigenvalue weighted by Crippen LogP contribution is 2.41. The van der Waals surface area contributed by atoms with Crippen LogP contribution in [-0.4, -0.2) is 66.5 Å². The van der Waals surface area contributed by atoms with Crippen LogP contribution in [-0.2, 0) is 6.18 Å². The Hall–Kier alpha value is -3.96. The van der Waals surface area contributed by atoms with Gasteiger partial charge in [0.2, 0.25) is 11.6 Å². The van der Waals surface area contributed by atoms with Crippen LogP contribution in [0.1, 0.15) is 22.5 Å². The summed E-state index contributed by atoms with van der Waals surface area (Å²) in [5.41, 5.74) is 0.553. The first-order valence-corrected chi connectivity index (χ1v) is 10.6. The Bertz CT molecular complexity index is 1190. The number of pyridine rings is 1. The van der Waals surface area contributed by atoms with Crippen LogP contribution < -0.4 is 18.9 Å². The van der Waals surface area contributed by atoms with Crippen LogP contribution in [0.5, 0.6) is 23.1 Å². The second kappa shape index (κ2) is 9.72. The van der Waals surface area contributed by atoms with Gasteiger partial charge >= 0.3 is 6.18 Å². The molecule has 1 atom stereocenters. The molecule has 0 spiro atoms. The zero-order chi connectivity index (χ0) is 25.2. The lowest BCUT2D eigenvalue weighted by Crippen LogP contribution is -2.31. The number of nitrogens with one attached hydrogen (secondary N) is 1. The number of alkyl halides is 3. The molecule has 0 bridgehead atoms. The minimum absolute atomic E-state index is 0.134. The Kier molecular flexibility index (Phi) is 6.72. The molecule has 1 aromatic carbocycles. The SMILES string of the molecule is COc1cc(-c2cc(C(=O)N3CCC(Oc4cc(C(F)(F)F)ccn4)C3)[nH]n2)cc(OC)c1OC. The predicted molar refractivity (Wildman–Crippen MR) is 118 cm³/mol. The second-order valence-corrected chi connectivity index (χ2v) is 7.74. The van der Waals surface area contributed by atoms with Crippen molar-refractivity contribution in [3.8, 4) is 34.4 Å². The third-order valence-electron chi connectivity index (χ3n) is 5.55. The lowest BCUT2D eigenvalue weighted by molar-refractivity contribution is -0.137. The first kappa shape index (κ1) is 24.2. The van der Waals surface area contributed by atoms with Crippen molar-refractivity contribution in [3.05, 3.63) is 47.8 Å². The fourth-order valence-electron chi connectivity index (χ4n) is 3.81. The monoisotopic (exact) mass is 492 g/mol. The van der Waals surface area contributed by atoms with Crippen molar-refractivity contribution in [2.75, 3.05) is 34.4 Å². The third-order valence-corrected chi connectivity index (χ3v) is 5.55. The van der Waals surface area contributed by atoms with Gasteiger partial charge < -0.3 is 23.8 Å². The van der Waals surface area contributed by atoms with Crippen LogP contribution in [0.3, 0.4) is 0 Å². The van der Waals surface area contributed by atoms with E-state index in [1.165, 1.54) is 21.3 Å². The van der Waals surface area contributed by atoms with E-state index < -0.39 is 17.8 Å². The minimum Gasteiger partial charge on any atom is -0.493 e. The summed E-state index contributed by atoms with van der Waals surface area (Å²) in [6.07, 6.45) is -3.47. The van der Waals surface area contributed by atoms with Gasteiger partial charge in [0.05, 0.1) is 39.1 Å². The molecule has 3 aromatic rings. The van der Waals surface area contributed by atoms with E-state index >= 15 is 0 Å². The van der Waals surface area contributed by atoms with E-state index in [0.29, 0.717) is 41.5 Å². The average Bonchev–Trinajstić information content (AvgIpc) is 3.52. The zero-order valence-corrected chi connectivity index (χ0v) is 19.2. The molecule has 12 heteroatoms. The van der Waals surface area contributed by atoms with Crippen molar-refractivity contribution in [3.63, 3.8) is 0 Å². The summed E-state index contributed by atoms with van der Waals surface area (Å²) >= 11 is 0. The Morgan fingerprint density at radius 2 is 1.80 bits per heavy atom. The van der Waals surface area contributed by atoms with E-state index in [9.17, 15) is 18.0 Å². The molecule has 1 unspecified atom stereocenters. The number of carbonyl (C=O) groups is 1. The van der Waals surface area contributed by atoms with Crippen molar-refractivity contribution < 1.29 is 36.9 Å². The van der Waals surface area contributed by atoms with Crippen LogP contribution >= 0.6 is 0 Å². The van der Waals surface area contributed by atoms with Gasteiger partial charge in [0.25, 0.3) is 5.91 Å². The van der Waals surface area contributed by atoms with Gasteiger partial charge in [-0.25, -0.2) is 4.98 Å². The maximum Gasteiger partial charge on any atom is 0.416 e. The number of aromatic amines is 1. The summed E-state index contributed by atoms with van der Waals surface area (Å²) in [4.78, 5) is 18.4. The molecule has 1 aliphatic heterocycles. The van der Waals surface area contributed by atoms with Gasteiger partial charge in [-0.05, 0) is 24.3 Å². The van der Waals surface area contributed by atoms with Crippen molar-refractivity contribution >= 4 is 5.91 Å². The van der Waals surface area contributed by atoms with Gasteiger partial charge in [0.1, 0.15) is 11.8 Å². The molecule has 1 amide bonds. The number of H-pyrrole nitrogens is 1. The fourth-order valence-corrected chi connectivity index (χ4v) is 3.81. The molecular weight excluding hydrogens is 469 g/mol. The number of carbonyl (C=O) groups excluding carboxylic acids is 1. The molecule has 3 heterocycles. The summed E-state index contributed by atoms with van der Waals surface area (Å²) in [6.45, 7) is 0.580. The lowest BCUT2D eigenvalue weighted by atomic mass is 10.1. The van der Waals surface area contributed by atoms with Crippen LogP contribution in [0.25, 0.3) is 11.3 Å². The fraction of sp³-hybridized carbons (Fsp3) is 0.348. The number of likely N-dealkylation sites (tertiary alicyclic amines) is 1. The van der Waals surface area contributed by atoms with Crippen LogP contribution in [0.2, 0.25) is 0 Å². The van der Waals surface area contributed by atoms with Gasteiger partial charge in [-0.15, -0.1) is 0 Å². The molecule has 4 rings (SSSR count). The molecular formula is C23H23F3N4O5. The molecule has 1 saturated heterocycles. The summed E-state index contributed by atoms with van der Waals surface area (Å²) in [5, 5.41) is 6.97.